The molecule has 1 N–H and O–H groups in total. The molecule has 0 bridgehead atoms. The highest BCUT2D eigenvalue weighted by Gasteiger charge is 2.39. The van der Waals surface area contributed by atoms with E-state index in [9.17, 15) is 0 Å². The third-order valence-electron chi connectivity index (χ3n) is 4.07. The smallest absolute Gasteiger partial charge is 0.124 e. The Morgan fingerprint density at radius 2 is 1.89 bits per heavy atom. The lowest BCUT2D eigenvalue weighted by Crippen LogP contribution is -2.23. The Hall–Kier alpha value is -1.02. The first-order chi connectivity index (χ1) is 8.58. The first kappa shape index (κ1) is 13.4. The molecule has 0 heterocycles. The SMILES string of the molecule is CCNC(c1cc(C)c(OC)c(C)c1)C1CC1C. The maximum atomic E-state index is 5.45. The molecule has 1 saturated carbocycles. The van der Waals surface area contributed by atoms with Gasteiger partial charge in [0.05, 0.1) is 7.11 Å². The van der Waals surface area contributed by atoms with Gasteiger partial charge in [-0.25, -0.2) is 0 Å². The molecule has 3 atom stereocenters. The molecular formula is C16H25NO. The van der Waals surface area contributed by atoms with Gasteiger partial charge in [0.2, 0.25) is 0 Å². The molecule has 0 saturated heterocycles. The van der Waals surface area contributed by atoms with Crippen LogP contribution in [0.25, 0.3) is 0 Å². The van der Waals surface area contributed by atoms with Crippen LogP contribution in [0, 0.1) is 25.7 Å². The summed E-state index contributed by atoms with van der Waals surface area (Å²) in [6, 6.07) is 5.07. The molecule has 0 aromatic heterocycles. The van der Waals surface area contributed by atoms with Gasteiger partial charge in [-0.15, -0.1) is 0 Å². The van der Waals surface area contributed by atoms with Crippen LogP contribution in [0.1, 0.15) is 43.0 Å². The van der Waals surface area contributed by atoms with E-state index in [2.05, 4.69) is 45.1 Å². The van der Waals surface area contributed by atoms with Crippen molar-refractivity contribution in [3.05, 3.63) is 28.8 Å². The molecule has 1 aromatic carbocycles. The Balaban J connectivity index is 2.30. The van der Waals surface area contributed by atoms with Crippen LogP contribution >= 0.6 is 0 Å². The van der Waals surface area contributed by atoms with Crippen molar-refractivity contribution in [2.75, 3.05) is 13.7 Å². The molecule has 1 aliphatic rings. The van der Waals surface area contributed by atoms with Crippen molar-refractivity contribution >= 4 is 0 Å². The number of methoxy groups -OCH3 is 1. The summed E-state index contributed by atoms with van der Waals surface area (Å²) in [7, 11) is 1.75. The van der Waals surface area contributed by atoms with E-state index in [1.165, 1.54) is 23.1 Å². The summed E-state index contributed by atoms with van der Waals surface area (Å²) >= 11 is 0. The monoisotopic (exact) mass is 247 g/mol. The first-order valence-electron chi connectivity index (χ1n) is 6.97. The van der Waals surface area contributed by atoms with Gasteiger partial charge in [-0.3, -0.25) is 0 Å². The third-order valence-corrected chi connectivity index (χ3v) is 4.07. The lowest BCUT2D eigenvalue weighted by Gasteiger charge is -2.21. The second-order valence-electron chi connectivity index (χ2n) is 5.60. The van der Waals surface area contributed by atoms with Gasteiger partial charge >= 0.3 is 0 Å². The number of benzene rings is 1. The fourth-order valence-electron chi connectivity index (χ4n) is 3.04. The predicted molar refractivity (Wildman–Crippen MR) is 76.2 cm³/mol. The predicted octanol–water partition coefficient (Wildman–Crippen LogP) is 3.62. The number of hydrogen-bond donors (Lipinski definition) is 1. The number of ether oxygens (including phenoxy) is 1. The van der Waals surface area contributed by atoms with Crippen LogP contribution in [0.4, 0.5) is 0 Å². The zero-order valence-electron chi connectivity index (χ0n) is 12.2. The normalized spacial score (nSPS) is 23.8. The molecule has 1 aromatic rings. The van der Waals surface area contributed by atoms with Crippen LogP contribution in [0.3, 0.4) is 0 Å². The van der Waals surface area contributed by atoms with Crippen LogP contribution in [0.2, 0.25) is 0 Å². The molecule has 0 radical (unpaired) electrons. The van der Waals surface area contributed by atoms with Gasteiger partial charge in [-0.05, 0) is 55.3 Å². The molecule has 0 spiro atoms. The summed E-state index contributed by atoms with van der Waals surface area (Å²) in [5, 5.41) is 3.64. The van der Waals surface area contributed by atoms with Crippen molar-refractivity contribution in [3.8, 4) is 5.75 Å². The van der Waals surface area contributed by atoms with Crippen LogP contribution in [0.5, 0.6) is 5.75 Å². The molecule has 100 valence electrons. The molecule has 18 heavy (non-hydrogen) atoms. The van der Waals surface area contributed by atoms with Gasteiger partial charge in [0.1, 0.15) is 5.75 Å². The number of aryl methyl sites for hydroxylation is 2. The Bertz CT molecular complexity index is 404. The largest absolute Gasteiger partial charge is 0.496 e. The van der Waals surface area contributed by atoms with Crippen LogP contribution in [-0.2, 0) is 0 Å². The first-order valence-corrected chi connectivity index (χ1v) is 6.97. The van der Waals surface area contributed by atoms with Gasteiger partial charge in [0, 0.05) is 6.04 Å². The zero-order valence-corrected chi connectivity index (χ0v) is 12.2. The molecule has 0 amide bonds. The van der Waals surface area contributed by atoms with Crippen molar-refractivity contribution in [2.45, 2.75) is 40.2 Å². The van der Waals surface area contributed by atoms with Crippen molar-refractivity contribution in [3.63, 3.8) is 0 Å². The van der Waals surface area contributed by atoms with E-state index in [1.807, 2.05) is 0 Å². The maximum Gasteiger partial charge on any atom is 0.124 e. The Kier molecular flexibility index (Phi) is 3.96. The summed E-state index contributed by atoms with van der Waals surface area (Å²) in [6.45, 7) is 9.82. The minimum absolute atomic E-state index is 0.508. The minimum atomic E-state index is 0.508. The Morgan fingerprint density at radius 3 is 2.28 bits per heavy atom. The quantitative estimate of drug-likeness (QED) is 0.858. The number of nitrogens with one attached hydrogen (secondary N) is 1. The number of rotatable bonds is 5. The van der Waals surface area contributed by atoms with Gasteiger partial charge in [0.25, 0.3) is 0 Å². The second-order valence-corrected chi connectivity index (χ2v) is 5.60. The maximum absolute atomic E-state index is 5.45. The summed E-state index contributed by atoms with van der Waals surface area (Å²) < 4.78 is 5.45. The van der Waals surface area contributed by atoms with Crippen molar-refractivity contribution in [2.24, 2.45) is 11.8 Å². The third kappa shape index (κ3) is 2.54. The molecule has 2 nitrogen and oxygen atoms in total. The summed E-state index contributed by atoms with van der Waals surface area (Å²) in [5.41, 5.74) is 3.90. The van der Waals surface area contributed by atoms with Crippen molar-refractivity contribution in [1.82, 2.24) is 5.32 Å². The molecule has 2 heteroatoms. The lowest BCUT2D eigenvalue weighted by molar-refractivity contribution is 0.407. The molecule has 3 unspecified atom stereocenters. The fraction of sp³-hybridized carbons (Fsp3) is 0.625. The summed E-state index contributed by atoms with van der Waals surface area (Å²) in [6.07, 6.45) is 1.35. The highest BCUT2D eigenvalue weighted by Crippen LogP contribution is 2.47. The molecule has 1 fully saturated rings. The molecule has 1 aliphatic carbocycles. The van der Waals surface area contributed by atoms with Crippen LogP contribution in [-0.4, -0.2) is 13.7 Å². The zero-order chi connectivity index (χ0) is 13.3. The minimum Gasteiger partial charge on any atom is -0.496 e. The molecular weight excluding hydrogens is 222 g/mol. The van der Waals surface area contributed by atoms with Gasteiger partial charge in [0.15, 0.2) is 0 Å². The summed E-state index contributed by atoms with van der Waals surface area (Å²) in [4.78, 5) is 0. The van der Waals surface area contributed by atoms with Crippen LogP contribution < -0.4 is 10.1 Å². The van der Waals surface area contributed by atoms with Gasteiger partial charge in [-0.1, -0.05) is 26.0 Å². The average Bonchev–Trinajstić information content (AvgIpc) is 3.02. The van der Waals surface area contributed by atoms with E-state index >= 15 is 0 Å². The highest BCUT2D eigenvalue weighted by molar-refractivity contribution is 5.44. The number of hydrogen-bond acceptors (Lipinski definition) is 2. The lowest BCUT2D eigenvalue weighted by atomic mass is 9.96. The van der Waals surface area contributed by atoms with E-state index < -0.39 is 0 Å². The fourth-order valence-corrected chi connectivity index (χ4v) is 3.04. The van der Waals surface area contributed by atoms with E-state index in [0.29, 0.717) is 6.04 Å². The van der Waals surface area contributed by atoms with Gasteiger partial charge < -0.3 is 10.1 Å². The average molecular weight is 247 g/mol. The van der Waals surface area contributed by atoms with Crippen molar-refractivity contribution in [1.29, 1.82) is 0 Å². The van der Waals surface area contributed by atoms with Crippen molar-refractivity contribution < 1.29 is 4.74 Å². The topological polar surface area (TPSA) is 21.3 Å². The van der Waals surface area contributed by atoms with E-state index in [0.717, 1.165) is 24.1 Å². The van der Waals surface area contributed by atoms with E-state index in [-0.39, 0.29) is 0 Å². The summed E-state index contributed by atoms with van der Waals surface area (Å²) in [5.74, 6) is 2.69. The molecule has 0 aliphatic heterocycles. The Morgan fingerprint density at radius 1 is 1.33 bits per heavy atom. The standard InChI is InChI=1S/C16H25NO/c1-6-17-15(14-9-10(14)2)13-7-11(3)16(18-5)12(4)8-13/h7-8,10,14-15,17H,6,9H2,1-5H3. The second kappa shape index (κ2) is 5.31. The molecule has 2 rings (SSSR count). The van der Waals surface area contributed by atoms with E-state index in [4.69, 9.17) is 4.74 Å². The Labute approximate surface area is 111 Å². The van der Waals surface area contributed by atoms with Crippen LogP contribution in [0.15, 0.2) is 12.1 Å². The van der Waals surface area contributed by atoms with Gasteiger partial charge in [-0.2, -0.15) is 0 Å². The highest BCUT2D eigenvalue weighted by atomic mass is 16.5. The van der Waals surface area contributed by atoms with E-state index in [1.54, 1.807) is 7.11 Å².